The topological polar surface area (TPSA) is 146 Å². The maximum Gasteiger partial charge on any atom is 0.326 e. The number of furan rings is 1. The van der Waals surface area contributed by atoms with Crippen LogP contribution in [0.5, 0.6) is 0 Å². The predicted molar refractivity (Wildman–Crippen MR) is 208 cm³/mol. The Morgan fingerprint density at radius 1 is 0.944 bits per heavy atom. The third kappa shape index (κ3) is 8.49. The summed E-state index contributed by atoms with van der Waals surface area (Å²) >= 11 is 13.4. The number of aliphatic carboxylic acids is 1. The summed E-state index contributed by atoms with van der Waals surface area (Å²) in [5.41, 5.74) is 2.86. The van der Waals surface area contributed by atoms with Crippen molar-refractivity contribution in [1.82, 2.24) is 15.5 Å². The van der Waals surface area contributed by atoms with Crippen molar-refractivity contribution in [3.63, 3.8) is 0 Å². The second-order valence-corrected chi connectivity index (χ2v) is 17.8. The quantitative estimate of drug-likeness (QED) is 0.141. The summed E-state index contributed by atoms with van der Waals surface area (Å²) in [5.74, 6) is -2.20. The first-order valence-electron chi connectivity index (χ1n) is 18.8. The summed E-state index contributed by atoms with van der Waals surface area (Å²) in [4.78, 5) is 41.2. The van der Waals surface area contributed by atoms with E-state index in [9.17, 15) is 27.9 Å². The number of carboxylic acid groups (broad SMARTS) is 1. The largest absolute Gasteiger partial charge is 0.480 e. The molecule has 2 heterocycles. The van der Waals surface area contributed by atoms with Gasteiger partial charge < -0.3 is 25.1 Å². The highest BCUT2D eigenvalue weighted by molar-refractivity contribution is 7.91. The van der Waals surface area contributed by atoms with Gasteiger partial charge in [-0.25, -0.2) is 13.2 Å². The highest BCUT2D eigenvalue weighted by Gasteiger charge is 2.33. The van der Waals surface area contributed by atoms with Crippen molar-refractivity contribution < 1.29 is 32.3 Å². The number of nitrogens with zero attached hydrogens (tertiary/aromatic N) is 1. The summed E-state index contributed by atoms with van der Waals surface area (Å²) in [6.07, 6.45) is 11.6. The van der Waals surface area contributed by atoms with Crippen molar-refractivity contribution in [1.29, 1.82) is 0 Å². The monoisotopic (exact) mass is 793 g/mol. The fourth-order valence-corrected chi connectivity index (χ4v) is 10.9. The van der Waals surface area contributed by atoms with Crippen molar-refractivity contribution in [2.45, 2.75) is 100 Å². The van der Waals surface area contributed by atoms with Gasteiger partial charge in [0.2, 0.25) is 0 Å². The molecular formula is C41H45Cl2N3O7S. The van der Waals surface area contributed by atoms with Crippen molar-refractivity contribution in [3.8, 4) is 0 Å². The zero-order valence-electron chi connectivity index (χ0n) is 30.0. The highest BCUT2D eigenvalue weighted by Crippen LogP contribution is 2.36. The van der Waals surface area contributed by atoms with E-state index in [0.717, 1.165) is 43.9 Å². The van der Waals surface area contributed by atoms with Gasteiger partial charge in [0, 0.05) is 42.5 Å². The molecule has 10 nitrogen and oxygen atoms in total. The molecular weight excluding hydrogens is 749 g/mol. The molecule has 0 spiro atoms. The summed E-state index contributed by atoms with van der Waals surface area (Å²) in [6.45, 7) is 0.570. The van der Waals surface area contributed by atoms with E-state index in [1.165, 1.54) is 25.3 Å². The maximum atomic E-state index is 13.8. The third-order valence-electron chi connectivity index (χ3n) is 11.3. The second kappa shape index (κ2) is 16.5. The first-order chi connectivity index (χ1) is 26.0. The van der Waals surface area contributed by atoms with Gasteiger partial charge in [-0.15, -0.1) is 0 Å². The van der Waals surface area contributed by atoms with E-state index in [0.29, 0.717) is 46.8 Å². The Hall–Kier alpha value is -3.90. The Balaban J connectivity index is 1.02. The number of sulfone groups is 1. The number of amides is 2. The number of fused-ring (bicyclic) bond motifs is 2. The number of carbonyl (C=O) groups excluding carboxylic acids is 2. The molecule has 7 rings (SSSR count). The summed E-state index contributed by atoms with van der Waals surface area (Å²) in [7, 11) is -3.67. The molecule has 2 saturated carbocycles. The van der Waals surface area contributed by atoms with Gasteiger partial charge in [0.05, 0.1) is 32.5 Å². The van der Waals surface area contributed by atoms with E-state index in [-0.39, 0.29) is 57.1 Å². The van der Waals surface area contributed by atoms with Gasteiger partial charge in [-0.2, -0.15) is 0 Å². The van der Waals surface area contributed by atoms with Gasteiger partial charge in [0.15, 0.2) is 9.84 Å². The number of carbonyl (C=O) groups is 3. The first kappa shape index (κ1) is 38.4. The number of rotatable bonds is 11. The zero-order valence-corrected chi connectivity index (χ0v) is 32.3. The lowest BCUT2D eigenvalue weighted by molar-refractivity contribution is -0.139. The average Bonchev–Trinajstić information content (AvgIpc) is 3.63. The highest BCUT2D eigenvalue weighted by atomic mass is 35.5. The molecule has 1 aliphatic heterocycles. The molecule has 2 amide bonds. The van der Waals surface area contributed by atoms with Crippen LogP contribution in [0.2, 0.25) is 10.0 Å². The van der Waals surface area contributed by atoms with Gasteiger partial charge in [-0.05, 0) is 91.1 Å². The minimum atomic E-state index is -3.67. The Morgan fingerprint density at radius 2 is 1.72 bits per heavy atom. The molecule has 13 heteroatoms. The number of hydrogen-bond acceptors (Lipinski definition) is 7. The van der Waals surface area contributed by atoms with Gasteiger partial charge in [0.25, 0.3) is 11.8 Å². The lowest BCUT2D eigenvalue weighted by atomic mass is 9.84. The van der Waals surface area contributed by atoms with Crippen molar-refractivity contribution in [2.24, 2.45) is 5.92 Å². The molecule has 3 atom stereocenters. The van der Waals surface area contributed by atoms with Gasteiger partial charge in [-0.1, -0.05) is 73.5 Å². The number of benzene rings is 3. The Morgan fingerprint density at radius 3 is 2.52 bits per heavy atom. The van der Waals surface area contributed by atoms with Gasteiger partial charge in [-0.3, -0.25) is 9.59 Å². The Kier molecular flexibility index (Phi) is 11.7. The van der Waals surface area contributed by atoms with E-state index >= 15 is 0 Å². The van der Waals surface area contributed by atoms with E-state index in [1.807, 2.05) is 12.1 Å². The molecule has 2 unspecified atom stereocenters. The molecule has 0 bridgehead atoms. The molecule has 54 heavy (non-hydrogen) atoms. The Labute approximate surface area is 325 Å². The van der Waals surface area contributed by atoms with Crippen LogP contribution in [-0.2, 0) is 34.0 Å². The zero-order chi connectivity index (χ0) is 38.0. The van der Waals surface area contributed by atoms with E-state index in [1.54, 1.807) is 47.6 Å². The van der Waals surface area contributed by atoms with Crippen LogP contribution in [0, 0.1) is 5.92 Å². The summed E-state index contributed by atoms with van der Waals surface area (Å²) in [5, 5.41) is 17.5. The molecule has 286 valence electrons. The van der Waals surface area contributed by atoms with E-state index < -0.39 is 27.8 Å². The molecule has 0 radical (unpaired) electrons. The molecule has 0 saturated heterocycles. The molecule has 4 aromatic rings. The fourth-order valence-electron chi connectivity index (χ4n) is 8.41. The van der Waals surface area contributed by atoms with Crippen LogP contribution >= 0.6 is 23.2 Å². The van der Waals surface area contributed by atoms with Crippen LogP contribution in [0.25, 0.3) is 11.0 Å². The Bertz CT molecular complexity index is 2160. The van der Waals surface area contributed by atoms with Crippen molar-refractivity contribution in [2.75, 3.05) is 12.3 Å². The molecule has 3 N–H and O–H groups in total. The molecule has 3 aromatic carbocycles. The van der Waals surface area contributed by atoms with Crippen molar-refractivity contribution >= 4 is 61.8 Å². The lowest BCUT2D eigenvalue weighted by Gasteiger charge is -2.36. The third-order valence-corrected chi connectivity index (χ3v) is 13.9. The second-order valence-electron chi connectivity index (χ2n) is 15.0. The lowest BCUT2D eigenvalue weighted by Crippen LogP contribution is -2.47. The fraction of sp³-hybridized carbons (Fsp3) is 0.439. The SMILES string of the molecule is O=C(N[C@@H](Cc1cccc(S(=O)(=O)CC2CCCCC2NC2CCCCC2)c1)C(=O)O)c1c(Cl)cc2c(c1Cl)CCN(C(=O)c1ccc3ccoc3c1)C2. The van der Waals surface area contributed by atoms with E-state index in [2.05, 4.69) is 10.6 Å². The minimum absolute atomic E-state index is 0.00682. The summed E-state index contributed by atoms with van der Waals surface area (Å²) < 4.78 is 33.0. The van der Waals surface area contributed by atoms with Gasteiger partial charge in [0.1, 0.15) is 11.6 Å². The van der Waals surface area contributed by atoms with Gasteiger partial charge >= 0.3 is 5.97 Å². The molecule has 2 aliphatic carbocycles. The van der Waals surface area contributed by atoms with E-state index in [4.69, 9.17) is 27.6 Å². The van der Waals surface area contributed by atoms with Crippen LogP contribution in [0.15, 0.2) is 70.2 Å². The normalized spacial score (nSPS) is 20.0. The van der Waals surface area contributed by atoms with Crippen LogP contribution < -0.4 is 10.6 Å². The number of halogens is 2. The molecule has 1 aromatic heterocycles. The van der Waals surface area contributed by atoms with Crippen LogP contribution in [0.1, 0.15) is 95.2 Å². The smallest absolute Gasteiger partial charge is 0.326 e. The van der Waals surface area contributed by atoms with Crippen molar-refractivity contribution in [3.05, 3.63) is 98.7 Å². The number of nitrogens with one attached hydrogen (secondary N) is 2. The van der Waals surface area contributed by atoms with Crippen LogP contribution in [0.4, 0.5) is 0 Å². The molecule has 3 aliphatic rings. The predicted octanol–water partition coefficient (Wildman–Crippen LogP) is 7.62. The molecule has 2 fully saturated rings. The maximum absolute atomic E-state index is 13.8. The summed E-state index contributed by atoms with van der Waals surface area (Å²) in [6, 6.07) is 14.3. The first-order valence-corrected chi connectivity index (χ1v) is 21.3. The average molecular weight is 795 g/mol. The van der Waals surface area contributed by atoms with Crippen LogP contribution in [0.3, 0.4) is 0 Å². The minimum Gasteiger partial charge on any atom is -0.480 e. The standard InChI is InChI=1S/C41H45Cl2N3O7S/c42-33-21-29-23-46(40(48)27-14-13-26-16-18-53-36(26)22-27)17-15-32(29)38(43)37(33)39(47)45-35(41(49)50)20-25-7-6-11-31(19-25)54(51,52)24-28-8-4-5-12-34(28)44-30-9-2-1-3-10-30/h6-7,11,13-14,16,18-19,21-22,28,30,34-35,44H,1-5,8-10,12,15,17,20,23-24H2,(H,45,47)(H,49,50)/t28?,34?,35-/m0/s1. The number of hydrogen-bond donors (Lipinski definition) is 3. The van der Waals surface area contributed by atoms with Crippen LogP contribution in [-0.4, -0.2) is 66.6 Å². The number of carboxylic acids is 1.